The Morgan fingerprint density at radius 2 is 1.54 bits per heavy atom. The SMILES string of the molecule is CN/N=C(/CC(C)(C)C)C(C)(C)C. The molecule has 0 amide bonds. The van der Waals surface area contributed by atoms with Crippen LogP contribution in [0.4, 0.5) is 0 Å². The second kappa shape index (κ2) is 4.12. The van der Waals surface area contributed by atoms with Crippen LogP contribution < -0.4 is 5.43 Å². The molecule has 0 fully saturated rings. The molecule has 0 saturated heterocycles. The molecule has 0 spiro atoms. The van der Waals surface area contributed by atoms with Crippen molar-refractivity contribution >= 4 is 5.71 Å². The lowest BCUT2D eigenvalue weighted by atomic mass is 9.79. The molecule has 78 valence electrons. The van der Waals surface area contributed by atoms with Crippen LogP contribution in [0.5, 0.6) is 0 Å². The van der Waals surface area contributed by atoms with Crippen molar-refractivity contribution in [2.45, 2.75) is 48.0 Å². The van der Waals surface area contributed by atoms with Gasteiger partial charge in [-0.2, -0.15) is 5.10 Å². The van der Waals surface area contributed by atoms with Crippen LogP contribution >= 0.6 is 0 Å². The fraction of sp³-hybridized carbons (Fsp3) is 0.909. The summed E-state index contributed by atoms with van der Waals surface area (Å²) in [4.78, 5) is 0. The summed E-state index contributed by atoms with van der Waals surface area (Å²) in [6.45, 7) is 13.3. The largest absolute Gasteiger partial charge is 0.313 e. The van der Waals surface area contributed by atoms with Crippen molar-refractivity contribution in [1.82, 2.24) is 5.43 Å². The van der Waals surface area contributed by atoms with Gasteiger partial charge in [-0.3, -0.25) is 0 Å². The Hall–Kier alpha value is -0.530. The van der Waals surface area contributed by atoms with E-state index in [2.05, 4.69) is 52.1 Å². The van der Waals surface area contributed by atoms with Crippen LogP contribution in [-0.4, -0.2) is 12.8 Å². The Labute approximate surface area is 82.8 Å². The molecule has 0 atom stereocenters. The standard InChI is InChI=1S/C11H24N2/c1-10(2,3)8-9(13-12-7)11(4,5)6/h12H,8H2,1-7H3/b13-9-. The minimum absolute atomic E-state index is 0.163. The molecule has 13 heavy (non-hydrogen) atoms. The number of nitrogens with one attached hydrogen (secondary N) is 1. The van der Waals surface area contributed by atoms with Crippen molar-refractivity contribution in [1.29, 1.82) is 0 Å². The van der Waals surface area contributed by atoms with Gasteiger partial charge in [0.05, 0.1) is 0 Å². The first-order valence-electron chi connectivity index (χ1n) is 4.90. The van der Waals surface area contributed by atoms with Gasteiger partial charge in [0.15, 0.2) is 0 Å². The van der Waals surface area contributed by atoms with Crippen molar-refractivity contribution in [3.05, 3.63) is 0 Å². The van der Waals surface area contributed by atoms with E-state index >= 15 is 0 Å². The Balaban J connectivity index is 4.57. The summed E-state index contributed by atoms with van der Waals surface area (Å²) in [6.07, 6.45) is 1.04. The van der Waals surface area contributed by atoms with Gasteiger partial charge in [-0.1, -0.05) is 41.5 Å². The topological polar surface area (TPSA) is 24.4 Å². The summed E-state index contributed by atoms with van der Waals surface area (Å²) in [5.41, 5.74) is 4.59. The molecule has 2 nitrogen and oxygen atoms in total. The predicted molar refractivity (Wildman–Crippen MR) is 60.0 cm³/mol. The molecule has 0 aliphatic rings. The molecule has 0 bridgehead atoms. The minimum atomic E-state index is 0.163. The van der Waals surface area contributed by atoms with Gasteiger partial charge in [-0.25, -0.2) is 0 Å². The first-order chi connectivity index (χ1) is 5.67. The van der Waals surface area contributed by atoms with Crippen LogP contribution in [0.3, 0.4) is 0 Å². The van der Waals surface area contributed by atoms with Gasteiger partial charge in [-0.05, 0) is 11.8 Å². The van der Waals surface area contributed by atoms with E-state index in [1.807, 2.05) is 7.05 Å². The highest BCUT2D eigenvalue weighted by molar-refractivity contribution is 5.89. The van der Waals surface area contributed by atoms with Gasteiger partial charge in [0.2, 0.25) is 0 Å². The van der Waals surface area contributed by atoms with E-state index in [4.69, 9.17) is 0 Å². The molecule has 0 aromatic heterocycles. The van der Waals surface area contributed by atoms with Gasteiger partial charge < -0.3 is 5.43 Å². The highest BCUT2D eigenvalue weighted by atomic mass is 15.3. The van der Waals surface area contributed by atoms with Crippen LogP contribution in [0.1, 0.15) is 48.0 Å². The second-order valence-corrected chi connectivity index (χ2v) is 5.77. The summed E-state index contributed by atoms with van der Waals surface area (Å²) in [7, 11) is 1.86. The van der Waals surface area contributed by atoms with Crippen molar-refractivity contribution in [3.63, 3.8) is 0 Å². The third-order valence-electron chi connectivity index (χ3n) is 1.81. The normalized spacial score (nSPS) is 14.5. The maximum Gasteiger partial charge on any atom is 0.0436 e. The minimum Gasteiger partial charge on any atom is -0.313 e. The maximum absolute atomic E-state index is 4.35. The monoisotopic (exact) mass is 184 g/mol. The molecule has 0 aromatic rings. The van der Waals surface area contributed by atoms with Crippen molar-refractivity contribution in [2.75, 3.05) is 7.05 Å². The van der Waals surface area contributed by atoms with E-state index < -0.39 is 0 Å². The average molecular weight is 184 g/mol. The van der Waals surface area contributed by atoms with Crippen LogP contribution in [0.2, 0.25) is 0 Å². The third-order valence-corrected chi connectivity index (χ3v) is 1.81. The summed E-state index contributed by atoms with van der Waals surface area (Å²) in [5.74, 6) is 0. The fourth-order valence-corrected chi connectivity index (χ4v) is 1.11. The van der Waals surface area contributed by atoms with Crippen LogP contribution in [0.15, 0.2) is 5.10 Å². The Morgan fingerprint density at radius 3 is 1.77 bits per heavy atom. The zero-order valence-electron chi connectivity index (χ0n) is 10.2. The van der Waals surface area contributed by atoms with Gasteiger partial charge in [0.25, 0.3) is 0 Å². The Kier molecular flexibility index (Phi) is 3.95. The highest BCUT2D eigenvalue weighted by Gasteiger charge is 2.24. The molecule has 0 heterocycles. The fourth-order valence-electron chi connectivity index (χ4n) is 1.11. The maximum atomic E-state index is 4.35. The van der Waals surface area contributed by atoms with E-state index in [1.54, 1.807) is 0 Å². The van der Waals surface area contributed by atoms with Crippen LogP contribution in [0.25, 0.3) is 0 Å². The zero-order valence-corrected chi connectivity index (χ0v) is 10.2. The molecule has 2 heteroatoms. The summed E-state index contributed by atoms with van der Waals surface area (Å²) in [5, 5.41) is 4.35. The molecular formula is C11H24N2. The van der Waals surface area contributed by atoms with Gasteiger partial charge in [0, 0.05) is 18.2 Å². The third kappa shape index (κ3) is 5.67. The van der Waals surface area contributed by atoms with Crippen molar-refractivity contribution in [3.8, 4) is 0 Å². The molecule has 0 aliphatic carbocycles. The summed E-state index contributed by atoms with van der Waals surface area (Å²) >= 11 is 0. The number of nitrogens with zero attached hydrogens (tertiary/aromatic N) is 1. The van der Waals surface area contributed by atoms with E-state index in [1.165, 1.54) is 5.71 Å². The molecule has 0 aromatic carbocycles. The predicted octanol–water partition coefficient (Wildman–Crippen LogP) is 3.04. The van der Waals surface area contributed by atoms with Crippen LogP contribution in [0, 0.1) is 10.8 Å². The summed E-state index contributed by atoms with van der Waals surface area (Å²) < 4.78 is 0. The number of hydrogen-bond acceptors (Lipinski definition) is 2. The van der Waals surface area contributed by atoms with E-state index in [0.29, 0.717) is 5.41 Å². The number of rotatable bonds is 2. The van der Waals surface area contributed by atoms with Crippen LogP contribution in [-0.2, 0) is 0 Å². The molecular weight excluding hydrogens is 160 g/mol. The highest BCUT2D eigenvalue weighted by Crippen LogP contribution is 2.27. The Bertz CT molecular complexity index is 179. The van der Waals surface area contributed by atoms with Crippen molar-refractivity contribution in [2.24, 2.45) is 15.9 Å². The van der Waals surface area contributed by atoms with E-state index in [0.717, 1.165) is 6.42 Å². The second-order valence-electron chi connectivity index (χ2n) is 5.77. The first kappa shape index (κ1) is 12.5. The summed E-state index contributed by atoms with van der Waals surface area (Å²) in [6, 6.07) is 0. The molecule has 0 unspecified atom stereocenters. The van der Waals surface area contributed by atoms with E-state index in [-0.39, 0.29) is 5.41 Å². The molecule has 0 radical (unpaired) electrons. The van der Waals surface area contributed by atoms with Gasteiger partial charge in [-0.15, -0.1) is 0 Å². The molecule has 0 rings (SSSR count). The molecule has 0 saturated carbocycles. The van der Waals surface area contributed by atoms with Gasteiger partial charge in [0.1, 0.15) is 0 Å². The van der Waals surface area contributed by atoms with Gasteiger partial charge >= 0.3 is 0 Å². The smallest absolute Gasteiger partial charge is 0.0436 e. The lowest BCUT2D eigenvalue weighted by Crippen LogP contribution is -2.27. The lowest BCUT2D eigenvalue weighted by molar-refractivity contribution is 0.411. The number of hydrogen-bond donors (Lipinski definition) is 1. The average Bonchev–Trinajstić information content (AvgIpc) is 1.81. The number of hydrazone groups is 1. The van der Waals surface area contributed by atoms with E-state index in [9.17, 15) is 0 Å². The lowest BCUT2D eigenvalue weighted by Gasteiger charge is -2.27. The Morgan fingerprint density at radius 1 is 1.08 bits per heavy atom. The zero-order chi connectivity index (χ0) is 10.7. The quantitative estimate of drug-likeness (QED) is 0.517. The van der Waals surface area contributed by atoms with Crippen molar-refractivity contribution < 1.29 is 0 Å². The molecule has 0 aliphatic heterocycles. The first-order valence-corrected chi connectivity index (χ1v) is 4.90. The molecule has 1 N–H and O–H groups in total.